The Morgan fingerprint density at radius 3 is 2.56 bits per heavy atom. The van der Waals surface area contributed by atoms with Crippen LogP contribution in [0.25, 0.3) is 0 Å². The summed E-state index contributed by atoms with van der Waals surface area (Å²) < 4.78 is 0. The van der Waals surface area contributed by atoms with Crippen LogP contribution in [0.15, 0.2) is 48.5 Å². The summed E-state index contributed by atoms with van der Waals surface area (Å²) in [4.78, 5) is 0. The largest absolute Gasteiger partial charge is 0.313 e. The summed E-state index contributed by atoms with van der Waals surface area (Å²) in [6.07, 6.45) is 0.976. The third-order valence-corrected chi connectivity index (χ3v) is 3.52. The molecule has 0 amide bonds. The smallest absolute Gasteiger partial charge is 0.0409 e. The molecule has 0 aliphatic heterocycles. The van der Waals surface area contributed by atoms with Crippen LogP contribution in [-0.4, -0.2) is 7.05 Å². The van der Waals surface area contributed by atoms with Crippen molar-refractivity contribution >= 4 is 11.6 Å². The third-order valence-electron chi connectivity index (χ3n) is 3.28. The standard InChI is InChI=1S/C16H18ClN/c1-12-6-3-4-7-13(12)11-16(18-2)14-8-5-9-15(17)10-14/h3-10,16,18H,11H2,1-2H3. The maximum absolute atomic E-state index is 6.05. The highest BCUT2D eigenvalue weighted by Gasteiger charge is 2.11. The highest BCUT2D eigenvalue weighted by molar-refractivity contribution is 6.30. The molecule has 1 unspecified atom stereocenters. The van der Waals surface area contributed by atoms with E-state index in [4.69, 9.17) is 11.6 Å². The van der Waals surface area contributed by atoms with E-state index < -0.39 is 0 Å². The Bertz CT molecular complexity index is 522. The molecule has 2 aromatic rings. The normalized spacial score (nSPS) is 12.4. The van der Waals surface area contributed by atoms with Crippen molar-refractivity contribution in [2.24, 2.45) is 0 Å². The molecule has 0 spiro atoms. The number of hydrogen-bond acceptors (Lipinski definition) is 1. The number of rotatable bonds is 4. The Hall–Kier alpha value is -1.31. The molecule has 2 heteroatoms. The molecule has 1 nitrogen and oxygen atoms in total. The molecule has 94 valence electrons. The molecule has 0 radical (unpaired) electrons. The van der Waals surface area contributed by atoms with Crippen molar-refractivity contribution in [1.29, 1.82) is 0 Å². The molecule has 0 bridgehead atoms. The van der Waals surface area contributed by atoms with Crippen LogP contribution in [0.2, 0.25) is 5.02 Å². The van der Waals surface area contributed by atoms with E-state index in [9.17, 15) is 0 Å². The minimum Gasteiger partial charge on any atom is -0.313 e. The molecule has 0 heterocycles. The predicted molar refractivity (Wildman–Crippen MR) is 78.1 cm³/mol. The maximum Gasteiger partial charge on any atom is 0.0409 e. The molecule has 0 saturated carbocycles. The molecule has 0 aliphatic carbocycles. The summed E-state index contributed by atoms with van der Waals surface area (Å²) in [7, 11) is 1.99. The summed E-state index contributed by atoms with van der Waals surface area (Å²) in [5, 5.41) is 4.15. The van der Waals surface area contributed by atoms with Gasteiger partial charge in [0.25, 0.3) is 0 Å². The molecule has 0 aliphatic rings. The first kappa shape index (κ1) is 13.1. The number of nitrogens with one attached hydrogen (secondary N) is 1. The van der Waals surface area contributed by atoms with E-state index in [2.05, 4.69) is 42.6 Å². The van der Waals surface area contributed by atoms with E-state index in [-0.39, 0.29) is 0 Å². The van der Waals surface area contributed by atoms with E-state index in [1.54, 1.807) is 0 Å². The average Bonchev–Trinajstić information content (AvgIpc) is 2.38. The summed E-state index contributed by atoms with van der Waals surface area (Å²) in [6, 6.07) is 16.9. The topological polar surface area (TPSA) is 12.0 Å². The minimum absolute atomic E-state index is 0.296. The molecule has 0 fully saturated rings. The zero-order valence-electron chi connectivity index (χ0n) is 10.8. The number of halogens is 1. The number of likely N-dealkylation sites (N-methyl/N-ethyl adjacent to an activating group) is 1. The molecule has 2 aromatic carbocycles. The lowest BCUT2D eigenvalue weighted by Gasteiger charge is -2.18. The van der Waals surface area contributed by atoms with Gasteiger partial charge in [-0.3, -0.25) is 0 Å². The molecule has 2 rings (SSSR count). The highest BCUT2D eigenvalue weighted by Crippen LogP contribution is 2.22. The Kier molecular flexibility index (Phi) is 4.40. The van der Waals surface area contributed by atoms with Gasteiger partial charge in [0.2, 0.25) is 0 Å². The van der Waals surface area contributed by atoms with Crippen LogP contribution in [0.5, 0.6) is 0 Å². The second-order valence-corrected chi connectivity index (χ2v) is 4.96. The number of aryl methyl sites for hydroxylation is 1. The molecule has 18 heavy (non-hydrogen) atoms. The highest BCUT2D eigenvalue weighted by atomic mass is 35.5. The second-order valence-electron chi connectivity index (χ2n) is 4.53. The van der Waals surface area contributed by atoms with Crippen molar-refractivity contribution in [3.05, 3.63) is 70.2 Å². The number of benzene rings is 2. The van der Waals surface area contributed by atoms with Gasteiger partial charge in [-0.05, 0) is 49.2 Å². The first-order chi connectivity index (χ1) is 8.70. The fourth-order valence-electron chi connectivity index (χ4n) is 2.17. The van der Waals surface area contributed by atoms with Gasteiger partial charge in [0, 0.05) is 11.1 Å². The maximum atomic E-state index is 6.05. The first-order valence-electron chi connectivity index (χ1n) is 6.18. The van der Waals surface area contributed by atoms with Crippen molar-refractivity contribution in [2.45, 2.75) is 19.4 Å². The van der Waals surface area contributed by atoms with Crippen LogP contribution >= 0.6 is 11.6 Å². The van der Waals surface area contributed by atoms with Gasteiger partial charge >= 0.3 is 0 Å². The van der Waals surface area contributed by atoms with Gasteiger partial charge in [-0.1, -0.05) is 48.0 Å². The van der Waals surface area contributed by atoms with Crippen molar-refractivity contribution in [1.82, 2.24) is 5.32 Å². The number of hydrogen-bond donors (Lipinski definition) is 1. The zero-order valence-corrected chi connectivity index (χ0v) is 11.5. The van der Waals surface area contributed by atoms with Crippen LogP contribution < -0.4 is 5.32 Å². The van der Waals surface area contributed by atoms with Gasteiger partial charge in [0.15, 0.2) is 0 Å². The van der Waals surface area contributed by atoms with Crippen LogP contribution in [0.1, 0.15) is 22.7 Å². The van der Waals surface area contributed by atoms with Gasteiger partial charge in [-0.15, -0.1) is 0 Å². The fraction of sp³-hybridized carbons (Fsp3) is 0.250. The Morgan fingerprint density at radius 1 is 1.11 bits per heavy atom. The molecular formula is C16H18ClN. The van der Waals surface area contributed by atoms with E-state index in [0.29, 0.717) is 6.04 Å². The van der Waals surface area contributed by atoms with Crippen molar-refractivity contribution in [2.75, 3.05) is 7.05 Å². The molecule has 1 N–H and O–H groups in total. The van der Waals surface area contributed by atoms with Crippen LogP contribution in [0, 0.1) is 6.92 Å². The van der Waals surface area contributed by atoms with E-state index in [0.717, 1.165) is 11.4 Å². The molecule has 1 atom stereocenters. The lowest BCUT2D eigenvalue weighted by molar-refractivity contribution is 0.590. The molecular weight excluding hydrogens is 242 g/mol. The van der Waals surface area contributed by atoms with Gasteiger partial charge in [0.05, 0.1) is 0 Å². The van der Waals surface area contributed by atoms with Gasteiger partial charge in [0.1, 0.15) is 0 Å². The van der Waals surface area contributed by atoms with Crippen LogP contribution in [0.3, 0.4) is 0 Å². The first-order valence-corrected chi connectivity index (χ1v) is 6.55. The quantitative estimate of drug-likeness (QED) is 0.870. The van der Waals surface area contributed by atoms with Gasteiger partial charge in [-0.2, -0.15) is 0 Å². The summed E-state index contributed by atoms with van der Waals surface area (Å²) >= 11 is 6.05. The lowest BCUT2D eigenvalue weighted by atomic mass is 9.96. The van der Waals surface area contributed by atoms with E-state index in [1.807, 2.05) is 25.2 Å². The van der Waals surface area contributed by atoms with Crippen molar-refractivity contribution in [3.8, 4) is 0 Å². The van der Waals surface area contributed by atoms with E-state index >= 15 is 0 Å². The van der Waals surface area contributed by atoms with Gasteiger partial charge < -0.3 is 5.32 Å². The van der Waals surface area contributed by atoms with Gasteiger partial charge in [-0.25, -0.2) is 0 Å². The summed E-state index contributed by atoms with van der Waals surface area (Å²) in [5.41, 5.74) is 3.94. The molecule has 0 aromatic heterocycles. The van der Waals surface area contributed by atoms with Crippen LogP contribution in [0.4, 0.5) is 0 Å². The Labute approximate surface area is 114 Å². The Balaban J connectivity index is 2.23. The summed E-state index contributed by atoms with van der Waals surface area (Å²) in [6.45, 7) is 2.15. The average molecular weight is 260 g/mol. The zero-order chi connectivity index (χ0) is 13.0. The second kappa shape index (κ2) is 6.03. The lowest BCUT2D eigenvalue weighted by Crippen LogP contribution is -2.19. The van der Waals surface area contributed by atoms with E-state index in [1.165, 1.54) is 16.7 Å². The Morgan fingerprint density at radius 2 is 1.89 bits per heavy atom. The third kappa shape index (κ3) is 3.12. The van der Waals surface area contributed by atoms with Crippen molar-refractivity contribution < 1.29 is 0 Å². The fourth-order valence-corrected chi connectivity index (χ4v) is 2.37. The SMILES string of the molecule is CNC(Cc1ccccc1C)c1cccc(Cl)c1. The predicted octanol–water partition coefficient (Wildman–Crippen LogP) is 4.15. The molecule has 0 saturated heterocycles. The van der Waals surface area contributed by atoms with Crippen LogP contribution in [-0.2, 0) is 6.42 Å². The monoisotopic (exact) mass is 259 g/mol. The summed E-state index contributed by atoms with van der Waals surface area (Å²) in [5.74, 6) is 0. The van der Waals surface area contributed by atoms with Crippen molar-refractivity contribution in [3.63, 3.8) is 0 Å². The minimum atomic E-state index is 0.296.